The number of carbonyl (C=O) groups excluding carboxylic acids is 3. The summed E-state index contributed by atoms with van der Waals surface area (Å²) >= 11 is 0. The van der Waals surface area contributed by atoms with Crippen molar-refractivity contribution in [2.24, 2.45) is 0 Å². The van der Waals surface area contributed by atoms with Crippen LogP contribution < -0.4 is 4.90 Å². The molecule has 2 aliphatic heterocycles. The van der Waals surface area contributed by atoms with E-state index in [0.717, 1.165) is 5.56 Å². The van der Waals surface area contributed by atoms with Crippen LogP contribution in [0.15, 0.2) is 53.1 Å². The Balaban J connectivity index is 1.19. The molecular formula is C26H27N5O4. The molecule has 2 fully saturated rings. The highest BCUT2D eigenvalue weighted by Crippen LogP contribution is 2.25. The number of carbonyl (C=O) groups is 3. The maximum absolute atomic E-state index is 13.0. The van der Waals surface area contributed by atoms with E-state index in [1.54, 1.807) is 24.3 Å². The van der Waals surface area contributed by atoms with Crippen LogP contribution in [0.2, 0.25) is 0 Å². The fourth-order valence-electron chi connectivity index (χ4n) is 4.49. The van der Waals surface area contributed by atoms with Crippen LogP contribution >= 0.6 is 0 Å². The van der Waals surface area contributed by atoms with Crippen molar-refractivity contribution in [2.75, 3.05) is 31.1 Å². The third-order valence-corrected chi connectivity index (χ3v) is 6.68. The predicted molar refractivity (Wildman–Crippen MR) is 129 cm³/mol. The van der Waals surface area contributed by atoms with Gasteiger partial charge in [-0.25, -0.2) is 0 Å². The molecular weight excluding hydrogens is 446 g/mol. The molecule has 2 aromatic carbocycles. The van der Waals surface area contributed by atoms with Crippen molar-refractivity contribution in [2.45, 2.75) is 32.7 Å². The number of imide groups is 1. The van der Waals surface area contributed by atoms with Gasteiger partial charge in [-0.05, 0) is 38.1 Å². The molecule has 5 rings (SSSR count). The normalized spacial score (nSPS) is 17.8. The van der Waals surface area contributed by atoms with E-state index in [-0.39, 0.29) is 36.6 Å². The van der Waals surface area contributed by atoms with Crippen LogP contribution in [0, 0.1) is 6.92 Å². The zero-order valence-corrected chi connectivity index (χ0v) is 19.8. The summed E-state index contributed by atoms with van der Waals surface area (Å²) in [4.78, 5) is 46.7. The molecule has 2 aliphatic rings. The van der Waals surface area contributed by atoms with Gasteiger partial charge in [-0.2, -0.15) is 4.98 Å². The first-order chi connectivity index (χ1) is 16.9. The molecule has 35 heavy (non-hydrogen) atoms. The third-order valence-electron chi connectivity index (χ3n) is 6.68. The molecule has 3 aromatic rings. The number of rotatable bonds is 5. The van der Waals surface area contributed by atoms with E-state index in [0.29, 0.717) is 49.1 Å². The van der Waals surface area contributed by atoms with E-state index in [9.17, 15) is 14.4 Å². The predicted octanol–water partition coefficient (Wildman–Crippen LogP) is 3.22. The minimum absolute atomic E-state index is 0.0613. The van der Waals surface area contributed by atoms with Crippen LogP contribution in [-0.4, -0.2) is 63.8 Å². The quantitative estimate of drug-likeness (QED) is 0.525. The van der Waals surface area contributed by atoms with E-state index in [4.69, 9.17) is 4.52 Å². The van der Waals surface area contributed by atoms with Crippen molar-refractivity contribution in [3.8, 4) is 11.4 Å². The SMILES string of the molecule is Cc1ccc(-c2noc(C(C)N3CCN(C(=O)c4ccc(N5C(=O)CCC5=O)cc4)CC3)n2)cc1. The third kappa shape index (κ3) is 4.59. The molecule has 0 saturated carbocycles. The average molecular weight is 474 g/mol. The lowest BCUT2D eigenvalue weighted by Gasteiger charge is -2.36. The van der Waals surface area contributed by atoms with E-state index in [1.165, 1.54) is 10.5 Å². The number of hydrogen-bond acceptors (Lipinski definition) is 7. The smallest absolute Gasteiger partial charge is 0.253 e. The molecule has 0 spiro atoms. The first kappa shape index (κ1) is 22.9. The summed E-state index contributed by atoms with van der Waals surface area (Å²) in [5.41, 5.74) is 3.13. The van der Waals surface area contributed by atoms with Crippen molar-refractivity contribution in [3.63, 3.8) is 0 Å². The molecule has 0 bridgehead atoms. The first-order valence-corrected chi connectivity index (χ1v) is 11.8. The zero-order chi connectivity index (χ0) is 24.5. The Hall–Kier alpha value is -3.85. The molecule has 3 amide bonds. The Morgan fingerprint density at radius 3 is 2.17 bits per heavy atom. The number of benzene rings is 2. The van der Waals surface area contributed by atoms with Crippen LogP contribution in [0.1, 0.15) is 47.6 Å². The standard InChI is InChI=1S/C26H27N5O4/c1-17-3-5-19(6-4-17)24-27-25(35-28-24)18(2)29-13-15-30(16-14-29)26(34)20-7-9-21(10-8-20)31-22(32)11-12-23(31)33/h3-10,18H,11-16H2,1-2H3. The topological polar surface area (TPSA) is 99.9 Å². The molecule has 1 atom stereocenters. The van der Waals surface area contributed by atoms with Gasteiger partial charge in [-0.1, -0.05) is 35.0 Å². The highest BCUT2D eigenvalue weighted by Gasteiger charge is 2.31. The molecule has 9 heteroatoms. The number of piperazine rings is 1. The van der Waals surface area contributed by atoms with E-state index in [1.807, 2.05) is 43.0 Å². The monoisotopic (exact) mass is 473 g/mol. The minimum atomic E-state index is -0.202. The van der Waals surface area contributed by atoms with Gasteiger partial charge >= 0.3 is 0 Å². The summed E-state index contributed by atoms with van der Waals surface area (Å²) in [5, 5.41) is 4.14. The van der Waals surface area contributed by atoms with E-state index >= 15 is 0 Å². The van der Waals surface area contributed by atoms with Gasteiger partial charge in [0.1, 0.15) is 0 Å². The average Bonchev–Trinajstić information content (AvgIpc) is 3.50. The van der Waals surface area contributed by atoms with Crippen molar-refractivity contribution in [1.82, 2.24) is 19.9 Å². The second-order valence-corrected chi connectivity index (χ2v) is 9.00. The Labute approximate surface area is 203 Å². The molecule has 0 radical (unpaired) electrons. The molecule has 180 valence electrons. The molecule has 3 heterocycles. The van der Waals surface area contributed by atoms with Crippen LogP contribution in [-0.2, 0) is 9.59 Å². The summed E-state index contributed by atoms with van der Waals surface area (Å²) in [6.07, 6.45) is 0.470. The van der Waals surface area contributed by atoms with Gasteiger partial charge in [0.2, 0.25) is 23.5 Å². The number of nitrogens with zero attached hydrogens (tertiary/aromatic N) is 5. The van der Waals surface area contributed by atoms with Crippen molar-refractivity contribution in [3.05, 3.63) is 65.5 Å². The summed E-state index contributed by atoms with van der Waals surface area (Å²) in [7, 11) is 0. The van der Waals surface area contributed by atoms with Gasteiger partial charge in [0.15, 0.2) is 0 Å². The summed E-state index contributed by atoms with van der Waals surface area (Å²) < 4.78 is 5.54. The lowest BCUT2D eigenvalue weighted by Crippen LogP contribution is -2.49. The Bertz CT molecular complexity index is 1230. The van der Waals surface area contributed by atoms with Crippen LogP contribution in [0.3, 0.4) is 0 Å². The largest absolute Gasteiger partial charge is 0.337 e. The van der Waals surface area contributed by atoms with Crippen LogP contribution in [0.4, 0.5) is 5.69 Å². The Kier molecular flexibility index (Phi) is 6.17. The van der Waals surface area contributed by atoms with Gasteiger partial charge < -0.3 is 9.42 Å². The highest BCUT2D eigenvalue weighted by atomic mass is 16.5. The van der Waals surface area contributed by atoms with Crippen molar-refractivity contribution < 1.29 is 18.9 Å². The molecule has 0 N–H and O–H groups in total. The maximum atomic E-state index is 13.0. The van der Waals surface area contributed by atoms with E-state index < -0.39 is 0 Å². The van der Waals surface area contributed by atoms with Crippen molar-refractivity contribution in [1.29, 1.82) is 0 Å². The molecule has 0 aliphatic carbocycles. The fourth-order valence-corrected chi connectivity index (χ4v) is 4.49. The van der Waals surface area contributed by atoms with E-state index in [2.05, 4.69) is 15.0 Å². The van der Waals surface area contributed by atoms with Crippen LogP contribution in [0.25, 0.3) is 11.4 Å². The number of aryl methyl sites for hydroxylation is 1. The summed E-state index contributed by atoms with van der Waals surface area (Å²) in [5.74, 6) is 0.656. The molecule has 9 nitrogen and oxygen atoms in total. The number of amides is 3. The summed E-state index contributed by atoms with van der Waals surface area (Å²) in [6, 6.07) is 14.6. The lowest BCUT2D eigenvalue weighted by molar-refractivity contribution is -0.121. The number of hydrogen-bond donors (Lipinski definition) is 0. The second kappa shape index (κ2) is 9.42. The molecule has 1 aromatic heterocycles. The second-order valence-electron chi connectivity index (χ2n) is 9.00. The van der Waals surface area contributed by atoms with Crippen molar-refractivity contribution >= 4 is 23.4 Å². The maximum Gasteiger partial charge on any atom is 0.253 e. The van der Waals surface area contributed by atoms with Gasteiger partial charge in [0.25, 0.3) is 5.91 Å². The number of anilines is 1. The Morgan fingerprint density at radius 2 is 1.54 bits per heavy atom. The summed E-state index contributed by atoms with van der Waals surface area (Å²) in [6.45, 7) is 6.59. The minimum Gasteiger partial charge on any atom is -0.337 e. The van der Waals surface area contributed by atoms with Gasteiger partial charge in [-0.15, -0.1) is 0 Å². The van der Waals surface area contributed by atoms with Gasteiger partial charge in [0, 0.05) is 50.1 Å². The molecule has 1 unspecified atom stereocenters. The van der Waals surface area contributed by atoms with Crippen LogP contribution in [0.5, 0.6) is 0 Å². The zero-order valence-electron chi connectivity index (χ0n) is 19.8. The lowest BCUT2D eigenvalue weighted by atomic mass is 10.1. The number of aromatic nitrogens is 2. The highest BCUT2D eigenvalue weighted by molar-refractivity contribution is 6.19. The first-order valence-electron chi connectivity index (χ1n) is 11.8. The fraction of sp³-hybridized carbons (Fsp3) is 0.346. The Morgan fingerprint density at radius 1 is 0.914 bits per heavy atom. The van der Waals surface area contributed by atoms with Gasteiger partial charge in [0.05, 0.1) is 11.7 Å². The molecule has 2 saturated heterocycles. The van der Waals surface area contributed by atoms with Gasteiger partial charge in [-0.3, -0.25) is 24.2 Å².